The van der Waals surface area contributed by atoms with E-state index in [2.05, 4.69) is 25.9 Å². The van der Waals surface area contributed by atoms with Crippen LogP contribution in [0.3, 0.4) is 0 Å². The third-order valence-corrected chi connectivity index (χ3v) is 3.21. The van der Waals surface area contributed by atoms with Crippen molar-refractivity contribution < 1.29 is 5.11 Å². The van der Waals surface area contributed by atoms with Gasteiger partial charge in [0.15, 0.2) is 0 Å². The second-order valence-electron chi connectivity index (χ2n) is 3.04. The lowest BCUT2D eigenvalue weighted by atomic mass is 10.2. The first-order valence-electron chi connectivity index (χ1n) is 4.31. The van der Waals surface area contributed by atoms with Gasteiger partial charge >= 0.3 is 0 Å². The summed E-state index contributed by atoms with van der Waals surface area (Å²) in [5.41, 5.74) is 1.61. The molecule has 1 heterocycles. The van der Waals surface area contributed by atoms with Gasteiger partial charge in [0.1, 0.15) is 5.82 Å². The Hall–Kier alpha value is -0.840. The highest BCUT2D eigenvalue weighted by Gasteiger charge is 2.05. The summed E-state index contributed by atoms with van der Waals surface area (Å²) in [5, 5.41) is 9.55. The van der Waals surface area contributed by atoms with Crippen LogP contribution in [0.25, 0.3) is 11.4 Å². The fourth-order valence-corrected chi connectivity index (χ4v) is 1.73. The summed E-state index contributed by atoms with van der Waals surface area (Å²) in [6.45, 7) is -0.0399. The molecule has 0 aliphatic carbocycles. The molecule has 78 valence electrons. The van der Waals surface area contributed by atoms with Crippen molar-refractivity contribution in [2.45, 2.75) is 6.61 Å². The minimum Gasteiger partial charge on any atom is -0.390 e. The average molecular weight is 288 g/mol. The molecule has 0 radical (unpaired) electrons. The molecular weight excluding hydrogens is 279 g/mol. The van der Waals surface area contributed by atoms with Crippen LogP contribution in [0.1, 0.15) is 5.69 Å². The highest BCUT2D eigenvalue weighted by atomic mass is 79.9. The van der Waals surface area contributed by atoms with Gasteiger partial charge in [0.25, 0.3) is 0 Å². The van der Waals surface area contributed by atoms with Crippen molar-refractivity contribution in [3.63, 3.8) is 0 Å². The molecule has 0 bridgehead atoms. The lowest BCUT2D eigenvalue weighted by Gasteiger charge is -1.99. The Morgan fingerprint density at radius 2 is 2.27 bits per heavy atom. The largest absolute Gasteiger partial charge is 0.390 e. The number of aromatic amines is 1. The van der Waals surface area contributed by atoms with Gasteiger partial charge in [0, 0.05) is 10.0 Å². The summed E-state index contributed by atoms with van der Waals surface area (Å²) in [5.74, 6) is 0.719. The average Bonchev–Trinajstić information content (AvgIpc) is 2.70. The summed E-state index contributed by atoms with van der Waals surface area (Å²) in [6.07, 6.45) is 1.61. The van der Waals surface area contributed by atoms with Crippen molar-refractivity contribution in [1.29, 1.82) is 0 Å². The number of aromatic nitrogens is 2. The third-order valence-electron chi connectivity index (χ3n) is 1.99. The van der Waals surface area contributed by atoms with E-state index < -0.39 is 0 Å². The third kappa shape index (κ3) is 2.22. The van der Waals surface area contributed by atoms with E-state index in [1.54, 1.807) is 12.3 Å². The number of imidazole rings is 1. The second kappa shape index (κ2) is 4.35. The predicted molar refractivity (Wildman–Crippen MR) is 62.7 cm³/mol. The zero-order valence-electron chi connectivity index (χ0n) is 7.67. The van der Waals surface area contributed by atoms with Gasteiger partial charge in [-0.2, -0.15) is 0 Å². The number of hydrogen-bond acceptors (Lipinski definition) is 2. The molecule has 2 N–H and O–H groups in total. The van der Waals surface area contributed by atoms with Crippen LogP contribution in [0.2, 0.25) is 5.02 Å². The van der Waals surface area contributed by atoms with Gasteiger partial charge < -0.3 is 10.1 Å². The van der Waals surface area contributed by atoms with Crippen LogP contribution in [0, 0.1) is 0 Å². The standard InChI is InChI=1S/C10H8BrClN2O/c11-8-3-6(1-2-9(8)12)10-13-4-7(5-15)14-10/h1-4,15H,5H2,(H,13,14). The lowest BCUT2D eigenvalue weighted by Crippen LogP contribution is -1.83. The molecule has 1 aromatic carbocycles. The van der Waals surface area contributed by atoms with Crippen LogP contribution in [0.4, 0.5) is 0 Å². The minimum atomic E-state index is -0.0399. The SMILES string of the molecule is OCc1cnc(-c2ccc(Cl)c(Br)c2)[nH]1. The van der Waals surface area contributed by atoms with Crippen LogP contribution >= 0.6 is 27.5 Å². The van der Waals surface area contributed by atoms with Crippen molar-refractivity contribution in [3.8, 4) is 11.4 Å². The van der Waals surface area contributed by atoms with E-state index in [1.165, 1.54) is 0 Å². The Bertz CT molecular complexity index is 484. The zero-order chi connectivity index (χ0) is 10.8. The smallest absolute Gasteiger partial charge is 0.137 e. The van der Waals surface area contributed by atoms with Crippen LogP contribution in [-0.4, -0.2) is 15.1 Å². The number of aliphatic hydroxyl groups excluding tert-OH is 1. The first-order chi connectivity index (χ1) is 7.20. The molecule has 15 heavy (non-hydrogen) atoms. The number of halogens is 2. The van der Waals surface area contributed by atoms with E-state index in [1.807, 2.05) is 12.1 Å². The molecule has 0 atom stereocenters. The molecule has 0 aliphatic rings. The summed E-state index contributed by atoms with van der Waals surface area (Å²) in [7, 11) is 0. The molecule has 3 nitrogen and oxygen atoms in total. The molecule has 5 heteroatoms. The van der Waals surface area contributed by atoms with E-state index in [0.717, 1.165) is 15.9 Å². The monoisotopic (exact) mass is 286 g/mol. The van der Waals surface area contributed by atoms with Gasteiger partial charge in [-0.1, -0.05) is 11.6 Å². The number of aliphatic hydroxyl groups is 1. The fourth-order valence-electron chi connectivity index (χ4n) is 1.23. The van der Waals surface area contributed by atoms with Crippen molar-refractivity contribution in [2.24, 2.45) is 0 Å². The fraction of sp³-hybridized carbons (Fsp3) is 0.100. The predicted octanol–water partition coefficient (Wildman–Crippen LogP) is 2.98. The quantitative estimate of drug-likeness (QED) is 0.892. The molecule has 0 amide bonds. The number of rotatable bonds is 2. The molecule has 2 rings (SSSR count). The Kier molecular flexibility index (Phi) is 3.09. The Labute approximate surface area is 100 Å². The van der Waals surface area contributed by atoms with Crippen molar-refractivity contribution in [1.82, 2.24) is 9.97 Å². The van der Waals surface area contributed by atoms with E-state index >= 15 is 0 Å². The number of nitrogens with one attached hydrogen (secondary N) is 1. The molecule has 0 unspecified atom stereocenters. The number of H-pyrrole nitrogens is 1. The Balaban J connectivity index is 2.40. The van der Waals surface area contributed by atoms with Gasteiger partial charge in [0.05, 0.1) is 23.5 Å². The van der Waals surface area contributed by atoms with Crippen molar-refractivity contribution in [2.75, 3.05) is 0 Å². The molecule has 0 saturated carbocycles. The van der Waals surface area contributed by atoms with E-state index in [9.17, 15) is 0 Å². The van der Waals surface area contributed by atoms with E-state index in [0.29, 0.717) is 10.7 Å². The summed E-state index contributed by atoms with van der Waals surface area (Å²) < 4.78 is 0.823. The van der Waals surface area contributed by atoms with Crippen LogP contribution < -0.4 is 0 Å². The van der Waals surface area contributed by atoms with Crippen LogP contribution in [0.15, 0.2) is 28.9 Å². The van der Waals surface area contributed by atoms with Crippen molar-refractivity contribution in [3.05, 3.63) is 39.6 Å². The molecule has 1 aromatic heterocycles. The molecular formula is C10H8BrClN2O. The highest BCUT2D eigenvalue weighted by molar-refractivity contribution is 9.10. The maximum absolute atomic E-state index is 8.89. The molecule has 0 fully saturated rings. The number of benzene rings is 1. The zero-order valence-corrected chi connectivity index (χ0v) is 10.0. The summed E-state index contributed by atoms with van der Waals surface area (Å²) in [4.78, 5) is 7.15. The van der Waals surface area contributed by atoms with Gasteiger partial charge in [-0.15, -0.1) is 0 Å². The van der Waals surface area contributed by atoms with Crippen molar-refractivity contribution >= 4 is 27.5 Å². The molecule has 0 aliphatic heterocycles. The van der Waals surface area contributed by atoms with Gasteiger partial charge in [0.2, 0.25) is 0 Å². The molecule has 2 aromatic rings. The first-order valence-corrected chi connectivity index (χ1v) is 5.48. The van der Waals surface area contributed by atoms with Gasteiger partial charge in [-0.25, -0.2) is 4.98 Å². The van der Waals surface area contributed by atoms with E-state index in [-0.39, 0.29) is 6.61 Å². The summed E-state index contributed by atoms with van der Waals surface area (Å²) >= 11 is 9.23. The number of hydrogen-bond donors (Lipinski definition) is 2. The molecule has 0 spiro atoms. The van der Waals surface area contributed by atoms with Crippen LogP contribution in [-0.2, 0) is 6.61 Å². The van der Waals surface area contributed by atoms with E-state index in [4.69, 9.17) is 16.7 Å². The normalized spacial score (nSPS) is 10.6. The lowest BCUT2D eigenvalue weighted by molar-refractivity contribution is 0.277. The topological polar surface area (TPSA) is 48.9 Å². The second-order valence-corrected chi connectivity index (χ2v) is 4.31. The van der Waals surface area contributed by atoms with Gasteiger partial charge in [-0.3, -0.25) is 0 Å². The Morgan fingerprint density at radius 3 is 2.87 bits per heavy atom. The molecule has 0 saturated heterocycles. The van der Waals surface area contributed by atoms with Crippen LogP contribution in [0.5, 0.6) is 0 Å². The minimum absolute atomic E-state index is 0.0399. The maximum atomic E-state index is 8.89. The Morgan fingerprint density at radius 1 is 1.47 bits per heavy atom. The summed E-state index contributed by atoms with van der Waals surface area (Å²) in [6, 6.07) is 5.54. The maximum Gasteiger partial charge on any atom is 0.137 e. The number of nitrogens with zero attached hydrogens (tertiary/aromatic N) is 1. The van der Waals surface area contributed by atoms with Gasteiger partial charge in [-0.05, 0) is 34.1 Å². The first kappa shape index (κ1) is 10.7. The highest BCUT2D eigenvalue weighted by Crippen LogP contribution is 2.27.